The Bertz CT molecular complexity index is 1570. The molecular formula is C33H24F6IN2OP. The molecule has 226 valence electrons. The molecule has 5 aromatic rings. The van der Waals surface area contributed by atoms with Crippen LogP contribution in [0.15, 0.2) is 133 Å². The average Bonchev–Trinajstić information content (AvgIpc) is 2.99. The van der Waals surface area contributed by atoms with Crippen LogP contribution in [0.5, 0.6) is 0 Å². The lowest BCUT2D eigenvalue weighted by molar-refractivity contribution is -0.143. The summed E-state index contributed by atoms with van der Waals surface area (Å²) in [5.74, 6) is 0. The third kappa shape index (κ3) is 7.08. The van der Waals surface area contributed by atoms with Crippen molar-refractivity contribution < 1.29 is 55.1 Å². The van der Waals surface area contributed by atoms with Crippen LogP contribution in [-0.4, -0.2) is 6.03 Å². The molecule has 0 heterocycles. The highest BCUT2D eigenvalue weighted by atomic mass is 127. The van der Waals surface area contributed by atoms with E-state index in [1.807, 2.05) is 66.7 Å². The molecule has 0 saturated carbocycles. The Hall–Kier alpha value is -3.89. The maximum atomic E-state index is 13.2. The van der Waals surface area contributed by atoms with Crippen LogP contribution in [0.2, 0.25) is 0 Å². The molecule has 0 aliphatic rings. The van der Waals surface area contributed by atoms with Gasteiger partial charge in [-0.05, 0) is 78.9 Å². The third-order valence-electron chi connectivity index (χ3n) is 6.79. The maximum Gasteiger partial charge on any atom is 0.416 e. The van der Waals surface area contributed by atoms with Gasteiger partial charge in [-0.2, -0.15) is 26.3 Å². The van der Waals surface area contributed by atoms with Crippen LogP contribution in [0.3, 0.4) is 0 Å². The fourth-order valence-corrected chi connectivity index (χ4v) is 9.18. The Morgan fingerprint density at radius 3 is 1.18 bits per heavy atom. The second kappa shape index (κ2) is 13.4. The third-order valence-corrected chi connectivity index (χ3v) is 11.1. The largest absolute Gasteiger partial charge is 1.00 e. The molecule has 0 fully saturated rings. The van der Waals surface area contributed by atoms with E-state index in [0.29, 0.717) is 17.8 Å². The van der Waals surface area contributed by atoms with Gasteiger partial charge in [0.05, 0.1) is 11.1 Å². The van der Waals surface area contributed by atoms with Crippen molar-refractivity contribution in [2.45, 2.75) is 12.4 Å². The Morgan fingerprint density at radius 1 is 0.477 bits per heavy atom. The number of amides is 2. The quantitative estimate of drug-likeness (QED) is 0.144. The summed E-state index contributed by atoms with van der Waals surface area (Å²) in [5, 5.41) is 8.90. The van der Waals surface area contributed by atoms with Gasteiger partial charge in [0.2, 0.25) is 0 Å². The summed E-state index contributed by atoms with van der Waals surface area (Å²) >= 11 is 0. The molecule has 0 unspecified atom stereocenters. The topological polar surface area (TPSA) is 41.1 Å². The lowest BCUT2D eigenvalue weighted by Crippen LogP contribution is -3.00. The van der Waals surface area contributed by atoms with Crippen molar-refractivity contribution in [1.82, 2.24) is 0 Å². The van der Waals surface area contributed by atoms with Gasteiger partial charge >= 0.3 is 18.4 Å². The smallest absolute Gasteiger partial charge is 0.416 e. The van der Waals surface area contributed by atoms with Crippen LogP contribution in [0.25, 0.3) is 0 Å². The Morgan fingerprint density at radius 2 is 0.818 bits per heavy atom. The van der Waals surface area contributed by atoms with Crippen molar-refractivity contribution in [2.75, 3.05) is 10.6 Å². The van der Waals surface area contributed by atoms with E-state index in [-0.39, 0.29) is 30.0 Å². The number of carbonyl (C=O) groups excluding carboxylic acids is 1. The van der Waals surface area contributed by atoms with Gasteiger partial charge in [-0.15, -0.1) is 0 Å². The number of hydrogen-bond donors (Lipinski definition) is 2. The molecule has 5 rings (SSSR count). The summed E-state index contributed by atoms with van der Waals surface area (Å²) in [6, 6.07) is 37.2. The zero-order valence-electron chi connectivity index (χ0n) is 22.7. The fourth-order valence-electron chi connectivity index (χ4n) is 4.94. The van der Waals surface area contributed by atoms with Crippen LogP contribution in [0, 0.1) is 0 Å². The second-order valence-electron chi connectivity index (χ2n) is 9.60. The molecule has 44 heavy (non-hydrogen) atoms. The molecule has 5 aromatic carbocycles. The number of halogens is 7. The minimum Gasteiger partial charge on any atom is -1.00 e. The average molecular weight is 736 g/mol. The summed E-state index contributed by atoms with van der Waals surface area (Å²) in [6.07, 6.45) is -10.1. The van der Waals surface area contributed by atoms with E-state index >= 15 is 0 Å². The Balaban J connectivity index is 0.00000442. The van der Waals surface area contributed by atoms with Crippen LogP contribution < -0.4 is 55.8 Å². The molecule has 0 aliphatic heterocycles. The summed E-state index contributed by atoms with van der Waals surface area (Å²) in [6.45, 7) is 0. The number of benzene rings is 5. The molecule has 0 saturated heterocycles. The number of urea groups is 1. The number of carbonyl (C=O) groups is 1. The van der Waals surface area contributed by atoms with Crippen molar-refractivity contribution in [2.24, 2.45) is 0 Å². The molecule has 0 spiro atoms. The number of hydrogen-bond acceptors (Lipinski definition) is 1. The molecule has 0 radical (unpaired) electrons. The van der Waals surface area contributed by atoms with Crippen molar-refractivity contribution in [3.8, 4) is 0 Å². The first-order chi connectivity index (χ1) is 20.5. The van der Waals surface area contributed by atoms with Gasteiger partial charge in [0.25, 0.3) is 0 Å². The molecule has 0 aliphatic carbocycles. The highest BCUT2D eigenvalue weighted by Gasteiger charge is 2.47. The zero-order chi connectivity index (χ0) is 30.7. The highest BCUT2D eigenvalue weighted by Crippen LogP contribution is 2.54. The van der Waals surface area contributed by atoms with Gasteiger partial charge in [0.1, 0.15) is 28.5 Å². The van der Waals surface area contributed by atoms with Gasteiger partial charge in [-0.1, -0.05) is 54.6 Å². The molecule has 0 bridgehead atoms. The van der Waals surface area contributed by atoms with E-state index in [2.05, 4.69) is 47.0 Å². The Kier molecular flexibility index (Phi) is 10.1. The maximum absolute atomic E-state index is 13.2. The number of alkyl halides is 6. The van der Waals surface area contributed by atoms with Gasteiger partial charge in [-0.3, -0.25) is 0 Å². The van der Waals surface area contributed by atoms with Gasteiger partial charge in [-0.25, -0.2) is 4.79 Å². The van der Waals surface area contributed by atoms with Crippen molar-refractivity contribution in [3.05, 3.63) is 145 Å². The fraction of sp³-hybridized carbons (Fsp3) is 0.0606. The van der Waals surface area contributed by atoms with E-state index in [1.165, 1.54) is 0 Å². The predicted molar refractivity (Wildman–Crippen MR) is 160 cm³/mol. The van der Waals surface area contributed by atoms with Gasteiger partial charge in [0.15, 0.2) is 0 Å². The van der Waals surface area contributed by atoms with E-state index in [1.54, 1.807) is 12.1 Å². The van der Waals surface area contributed by atoms with Gasteiger partial charge < -0.3 is 34.6 Å². The summed E-state index contributed by atoms with van der Waals surface area (Å²) in [5.41, 5.74) is -3.38. The van der Waals surface area contributed by atoms with Crippen LogP contribution in [0.4, 0.5) is 42.5 Å². The summed E-state index contributed by atoms with van der Waals surface area (Å²) in [4.78, 5) is 12.7. The lowest BCUT2D eigenvalue weighted by Gasteiger charge is -2.27. The van der Waals surface area contributed by atoms with Crippen LogP contribution in [-0.2, 0) is 12.4 Å². The minimum atomic E-state index is -5.03. The highest BCUT2D eigenvalue weighted by molar-refractivity contribution is 8.01. The molecule has 11 heteroatoms. The first-order valence-electron chi connectivity index (χ1n) is 13.0. The van der Waals surface area contributed by atoms with Crippen LogP contribution in [0.1, 0.15) is 11.1 Å². The van der Waals surface area contributed by atoms with E-state index in [4.69, 9.17) is 0 Å². The monoisotopic (exact) mass is 736 g/mol. The van der Waals surface area contributed by atoms with Crippen molar-refractivity contribution >= 4 is 45.9 Å². The number of anilines is 2. The van der Waals surface area contributed by atoms with Crippen LogP contribution >= 0.6 is 7.26 Å². The first-order valence-corrected chi connectivity index (χ1v) is 14.8. The minimum absolute atomic E-state index is 0. The normalized spacial score (nSPS) is 11.8. The Labute approximate surface area is 267 Å². The van der Waals surface area contributed by atoms with Crippen molar-refractivity contribution in [3.63, 3.8) is 0 Å². The van der Waals surface area contributed by atoms with E-state index < -0.39 is 42.5 Å². The summed E-state index contributed by atoms with van der Waals surface area (Å²) < 4.78 is 79.4. The second-order valence-corrected chi connectivity index (χ2v) is 13.0. The van der Waals surface area contributed by atoms with Gasteiger partial charge in [0, 0.05) is 11.4 Å². The van der Waals surface area contributed by atoms with E-state index in [9.17, 15) is 31.1 Å². The SMILES string of the molecule is O=C(Nc1ccc([P+](c2ccccc2)(c2ccccc2)c2ccccc2)cc1)Nc1cc(C(F)(F)F)cc(C(F)(F)F)c1.[I-]. The summed E-state index contributed by atoms with van der Waals surface area (Å²) in [7, 11) is -2.40. The molecule has 2 amide bonds. The van der Waals surface area contributed by atoms with E-state index in [0.717, 1.165) is 21.2 Å². The van der Waals surface area contributed by atoms with Crippen molar-refractivity contribution in [1.29, 1.82) is 0 Å². The molecular weight excluding hydrogens is 712 g/mol. The molecule has 3 nitrogen and oxygen atoms in total. The zero-order valence-corrected chi connectivity index (χ0v) is 25.8. The number of rotatable bonds is 6. The standard InChI is InChI=1S/C33H23F6N2OP.HI/c34-32(35,36)23-20-24(33(37,38)39)22-26(21-23)41-31(42)40-25-16-18-30(19-17-25)43(27-10-4-1-5-11-27,28-12-6-2-7-13-28)29-14-8-3-9-15-29;/h1-22H,(H-,40,41,42);1H. The molecule has 2 N–H and O–H groups in total. The molecule has 0 aromatic heterocycles. The number of nitrogens with one attached hydrogen (secondary N) is 2. The lowest BCUT2D eigenvalue weighted by atomic mass is 10.1. The first kappa shape index (κ1) is 33.0. The molecule has 0 atom stereocenters. The predicted octanol–water partition coefficient (Wildman–Crippen LogP) is 4.99.